The third-order valence-electron chi connectivity index (χ3n) is 3.31. The molecule has 1 aliphatic heterocycles. The van der Waals surface area contributed by atoms with Crippen molar-refractivity contribution in [2.45, 2.75) is 46.3 Å². The number of ether oxygens (including phenoxy) is 1. The number of nitrogens with zero attached hydrogens (tertiary/aromatic N) is 2. The van der Waals surface area contributed by atoms with Crippen LogP contribution in [0.1, 0.15) is 37.9 Å². The van der Waals surface area contributed by atoms with E-state index in [-0.39, 0.29) is 6.09 Å². The molecule has 1 unspecified atom stereocenters. The number of aryl methyl sites for hydroxylation is 1. The van der Waals surface area contributed by atoms with Crippen molar-refractivity contribution >= 4 is 17.4 Å². The van der Waals surface area contributed by atoms with Gasteiger partial charge in [-0.2, -0.15) is 0 Å². The molecule has 21 heavy (non-hydrogen) atoms. The molecule has 1 aliphatic rings. The van der Waals surface area contributed by atoms with Crippen LogP contribution in [0.25, 0.3) is 0 Å². The normalized spacial score (nSPS) is 19.0. The first-order valence-corrected chi connectivity index (χ1v) is 8.31. The molecule has 0 aromatic carbocycles. The molecule has 1 amide bonds. The summed E-state index contributed by atoms with van der Waals surface area (Å²) in [7, 11) is 0. The first kappa shape index (κ1) is 16.2. The molecule has 5 nitrogen and oxygen atoms in total. The maximum Gasteiger partial charge on any atom is 0.410 e. The van der Waals surface area contributed by atoms with Crippen molar-refractivity contribution in [2.24, 2.45) is 5.92 Å². The number of carbonyl (C=O) groups is 1. The fourth-order valence-corrected chi connectivity index (χ4v) is 3.10. The molecule has 0 spiro atoms. The minimum absolute atomic E-state index is 0.194. The summed E-state index contributed by atoms with van der Waals surface area (Å²) in [5.74, 6) is 0.499. The van der Waals surface area contributed by atoms with Crippen LogP contribution in [0.2, 0.25) is 0 Å². The summed E-state index contributed by atoms with van der Waals surface area (Å²) < 4.78 is 5.40. The minimum Gasteiger partial charge on any atom is -0.444 e. The maximum atomic E-state index is 12.0. The average Bonchev–Trinajstić information content (AvgIpc) is 2.97. The summed E-state index contributed by atoms with van der Waals surface area (Å²) in [6, 6.07) is 0. The van der Waals surface area contributed by atoms with Crippen LogP contribution < -0.4 is 5.32 Å². The number of rotatable bonds is 4. The standard InChI is InChI=1S/C15H25N3O2S/c1-11-10-21-13(17-11)8-16-7-12-5-6-18(9-12)14(19)20-15(2,3)4/h10,12,16H,5-9H2,1-4H3. The fraction of sp³-hybridized carbons (Fsp3) is 0.733. The molecular weight excluding hydrogens is 286 g/mol. The van der Waals surface area contributed by atoms with Crippen LogP contribution in [0.3, 0.4) is 0 Å². The summed E-state index contributed by atoms with van der Waals surface area (Å²) in [6.07, 6.45) is 0.837. The van der Waals surface area contributed by atoms with E-state index in [9.17, 15) is 4.79 Å². The lowest BCUT2D eigenvalue weighted by atomic mass is 10.1. The van der Waals surface area contributed by atoms with Crippen molar-refractivity contribution in [3.63, 3.8) is 0 Å². The van der Waals surface area contributed by atoms with E-state index in [4.69, 9.17) is 4.74 Å². The highest BCUT2D eigenvalue weighted by molar-refractivity contribution is 7.09. The molecule has 0 saturated carbocycles. The second kappa shape index (κ2) is 6.75. The Balaban J connectivity index is 1.69. The molecule has 6 heteroatoms. The molecule has 1 aromatic heterocycles. The Bertz CT molecular complexity index is 482. The van der Waals surface area contributed by atoms with Crippen molar-refractivity contribution in [3.05, 3.63) is 16.1 Å². The average molecular weight is 311 g/mol. The zero-order chi connectivity index (χ0) is 15.5. The first-order valence-electron chi connectivity index (χ1n) is 7.43. The number of carbonyl (C=O) groups excluding carboxylic acids is 1. The topological polar surface area (TPSA) is 54.5 Å². The lowest BCUT2D eigenvalue weighted by molar-refractivity contribution is 0.0288. The quantitative estimate of drug-likeness (QED) is 0.929. The summed E-state index contributed by atoms with van der Waals surface area (Å²) >= 11 is 1.69. The van der Waals surface area contributed by atoms with Gasteiger partial charge >= 0.3 is 6.09 Å². The molecule has 2 rings (SSSR count). The van der Waals surface area contributed by atoms with Crippen LogP contribution in [0, 0.1) is 12.8 Å². The molecule has 1 atom stereocenters. The van der Waals surface area contributed by atoms with Crippen LogP contribution >= 0.6 is 11.3 Å². The second-order valence-corrected chi connectivity index (χ2v) is 7.54. The van der Waals surface area contributed by atoms with Crippen LogP contribution in [-0.4, -0.2) is 41.2 Å². The Hall–Kier alpha value is -1.14. The van der Waals surface area contributed by atoms with Gasteiger partial charge in [-0.15, -0.1) is 11.3 Å². The molecule has 1 aromatic rings. The second-order valence-electron chi connectivity index (χ2n) is 6.59. The van der Waals surface area contributed by atoms with E-state index in [1.165, 1.54) is 0 Å². The summed E-state index contributed by atoms with van der Waals surface area (Å²) in [6.45, 7) is 11.0. The summed E-state index contributed by atoms with van der Waals surface area (Å²) in [4.78, 5) is 18.2. The van der Waals surface area contributed by atoms with Gasteiger partial charge in [-0.25, -0.2) is 9.78 Å². The van der Waals surface area contributed by atoms with E-state index in [0.717, 1.165) is 43.3 Å². The van der Waals surface area contributed by atoms with Gasteiger partial charge in [0, 0.05) is 37.3 Å². The molecule has 1 fully saturated rings. The Morgan fingerprint density at radius 1 is 1.57 bits per heavy atom. The van der Waals surface area contributed by atoms with Gasteiger partial charge < -0.3 is 15.0 Å². The minimum atomic E-state index is -0.421. The Labute approximate surface area is 130 Å². The number of likely N-dealkylation sites (tertiary alicyclic amines) is 1. The SMILES string of the molecule is Cc1csc(CNCC2CCN(C(=O)OC(C)(C)C)C2)n1. The predicted molar refractivity (Wildman–Crippen MR) is 84.5 cm³/mol. The lowest BCUT2D eigenvalue weighted by Gasteiger charge is -2.24. The number of thiazole rings is 1. The van der Waals surface area contributed by atoms with Crippen molar-refractivity contribution in [1.29, 1.82) is 0 Å². The van der Waals surface area contributed by atoms with E-state index >= 15 is 0 Å². The van der Waals surface area contributed by atoms with Gasteiger partial charge in [0.05, 0.1) is 0 Å². The van der Waals surface area contributed by atoms with Gasteiger partial charge in [0.2, 0.25) is 0 Å². The number of hydrogen-bond donors (Lipinski definition) is 1. The molecule has 1 saturated heterocycles. The number of amides is 1. The fourth-order valence-electron chi connectivity index (χ4n) is 2.36. The van der Waals surface area contributed by atoms with Gasteiger partial charge in [-0.3, -0.25) is 0 Å². The van der Waals surface area contributed by atoms with E-state index in [1.807, 2.05) is 32.6 Å². The van der Waals surface area contributed by atoms with Crippen molar-refractivity contribution in [1.82, 2.24) is 15.2 Å². The van der Waals surface area contributed by atoms with Crippen LogP contribution in [0.15, 0.2) is 5.38 Å². The monoisotopic (exact) mass is 311 g/mol. The van der Waals surface area contributed by atoms with Crippen LogP contribution in [0.4, 0.5) is 4.79 Å². The molecule has 0 radical (unpaired) electrons. The van der Waals surface area contributed by atoms with E-state index in [2.05, 4.69) is 15.7 Å². The molecule has 118 valence electrons. The molecule has 0 aliphatic carbocycles. The maximum absolute atomic E-state index is 12.0. The van der Waals surface area contributed by atoms with Gasteiger partial charge in [-0.05, 0) is 40.0 Å². The molecule has 2 heterocycles. The number of nitrogens with one attached hydrogen (secondary N) is 1. The van der Waals surface area contributed by atoms with Crippen molar-refractivity contribution < 1.29 is 9.53 Å². The third kappa shape index (κ3) is 5.28. The van der Waals surface area contributed by atoms with E-state index in [0.29, 0.717) is 5.92 Å². The number of hydrogen-bond acceptors (Lipinski definition) is 5. The highest BCUT2D eigenvalue weighted by atomic mass is 32.1. The van der Waals surface area contributed by atoms with Gasteiger partial charge in [0.25, 0.3) is 0 Å². The Morgan fingerprint density at radius 2 is 2.33 bits per heavy atom. The highest BCUT2D eigenvalue weighted by Gasteiger charge is 2.29. The highest BCUT2D eigenvalue weighted by Crippen LogP contribution is 2.19. The van der Waals surface area contributed by atoms with Crippen molar-refractivity contribution in [2.75, 3.05) is 19.6 Å². The molecule has 1 N–H and O–H groups in total. The molecule has 0 bridgehead atoms. The zero-order valence-electron chi connectivity index (χ0n) is 13.3. The van der Waals surface area contributed by atoms with Gasteiger partial charge in [0.1, 0.15) is 10.6 Å². The zero-order valence-corrected chi connectivity index (χ0v) is 14.1. The summed E-state index contributed by atoms with van der Waals surface area (Å²) in [5.41, 5.74) is 0.657. The smallest absolute Gasteiger partial charge is 0.410 e. The number of aromatic nitrogens is 1. The van der Waals surface area contributed by atoms with Gasteiger partial charge in [-0.1, -0.05) is 0 Å². The summed E-state index contributed by atoms with van der Waals surface area (Å²) in [5, 5.41) is 6.62. The van der Waals surface area contributed by atoms with Gasteiger partial charge in [0.15, 0.2) is 0 Å². The Morgan fingerprint density at radius 3 is 2.95 bits per heavy atom. The van der Waals surface area contributed by atoms with E-state index in [1.54, 1.807) is 11.3 Å². The largest absolute Gasteiger partial charge is 0.444 e. The van der Waals surface area contributed by atoms with Crippen LogP contribution in [0.5, 0.6) is 0 Å². The molecular formula is C15H25N3O2S. The van der Waals surface area contributed by atoms with Crippen molar-refractivity contribution in [3.8, 4) is 0 Å². The predicted octanol–water partition coefficient (Wildman–Crippen LogP) is 2.80. The van der Waals surface area contributed by atoms with Crippen LogP contribution in [-0.2, 0) is 11.3 Å². The van der Waals surface area contributed by atoms with E-state index < -0.39 is 5.60 Å². The first-order chi connectivity index (χ1) is 9.83. The third-order valence-corrected chi connectivity index (χ3v) is 4.28. The Kier molecular flexibility index (Phi) is 5.22. The lowest BCUT2D eigenvalue weighted by Crippen LogP contribution is -2.36.